The molecule has 4 heterocycles. The van der Waals surface area contributed by atoms with Crippen LogP contribution in [-0.4, -0.2) is 54.5 Å². The summed E-state index contributed by atoms with van der Waals surface area (Å²) in [5.41, 5.74) is 0.892. The van der Waals surface area contributed by atoms with E-state index in [0.29, 0.717) is 6.54 Å². The van der Waals surface area contributed by atoms with Crippen LogP contribution in [0.5, 0.6) is 0 Å². The Hall–Kier alpha value is -1.79. The van der Waals surface area contributed by atoms with E-state index in [9.17, 15) is 5.11 Å². The van der Waals surface area contributed by atoms with E-state index >= 15 is 0 Å². The molecule has 2 aliphatic heterocycles. The van der Waals surface area contributed by atoms with E-state index in [2.05, 4.69) is 20.0 Å². The van der Waals surface area contributed by atoms with Crippen LogP contribution in [0.15, 0.2) is 30.9 Å². The number of fused-ring (bicyclic) bond motifs is 1. The fourth-order valence-corrected chi connectivity index (χ4v) is 4.10. The summed E-state index contributed by atoms with van der Waals surface area (Å²) in [6.45, 7) is 2.79. The third-order valence-corrected chi connectivity index (χ3v) is 5.19. The lowest BCUT2D eigenvalue weighted by Crippen LogP contribution is -2.60. The molecule has 0 aromatic carbocycles. The summed E-state index contributed by atoms with van der Waals surface area (Å²) in [6.07, 6.45) is 12.5. The first-order chi connectivity index (χ1) is 11.2. The van der Waals surface area contributed by atoms with E-state index in [0.717, 1.165) is 43.7 Å². The van der Waals surface area contributed by atoms with Crippen LogP contribution in [0.4, 0.5) is 0 Å². The van der Waals surface area contributed by atoms with Gasteiger partial charge in [0.15, 0.2) is 0 Å². The minimum absolute atomic E-state index is 0.272. The van der Waals surface area contributed by atoms with Crippen LogP contribution >= 0.6 is 0 Å². The lowest BCUT2D eigenvalue weighted by molar-refractivity contribution is -0.105. The largest absolute Gasteiger partial charge is 0.386 e. The van der Waals surface area contributed by atoms with Gasteiger partial charge in [0.05, 0.1) is 18.3 Å². The number of hydrogen-bond acceptors (Lipinski definition) is 5. The molecule has 0 bridgehead atoms. The van der Waals surface area contributed by atoms with E-state index in [-0.39, 0.29) is 6.04 Å². The summed E-state index contributed by atoms with van der Waals surface area (Å²) in [4.78, 5) is 10.8. The highest BCUT2D eigenvalue weighted by atomic mass is 16.3. The van der Waals surface area contributed by atoms with Crippen LogP contribution in [0.25, 0.3) is 11.4 Å². The highest BCUT2D eigenvalue weighted by Crippen LogP contribution is 2.35. The Labute approximate surface area is 136 Å². The average molecular weight is 313 g/mol. The van der Waals surface area contributed by atoms with Crippen molar-refractivity contribution in [1.29, 1.82) is 0 Å². The van der Waals surface area contributed by atoms with E-state index < -0.39 is 5.60 Å². The summed E-state index contributed by atoms with van der Waals surface area (Å²) in [5.74, 6) is 0. The van der Waals surface area contributed by atoms with Gasteiger partial charge in [0.25, 0.3) is 0 Å². The van der Waals surface area contributed by atoms with Gasteiger partial charge in [-0.3, -0.25) is 19.5 Å². The molecule has 0 spiro atoms. The van der Waals surface area contributed by atoms with Gasteiger partial charge < -0.3 is 5.11 Å². The normalized spacial score (nSPS) is 28.5. The summed E-state index contributed by atoms with van der Waals surface area (Å²) in [5, 5.41) is 15.9. The van der Waals surface area contributed by atoms with Crippen LogP contribution < -0.4 is 0 Å². The Morgan fingerprint density at radius 3 is 2.96 bits per heavy atom. The molecule has 0 unspecified atom stereocenters. The van der Waals surface area contributed by atoms with Crippen LogP contribution in [0.3, 0.4) is 0 Å². The maximum absolute atomic E-state index is 11.3. The fraction of sp³-hybridized carbons (Fsp3) is 0.588. The van der Waals surface area contributed by atoms with Crippen molar-refractivity contribution >= 4 is 0 Å². The molecule has 23 heavy (non-hydrogen) atoms. The second-order valence-electron chi connectivity index (χ2n) is 6.74. The lowest BCUT2D eigenvalue weighted by Gasteiger charge is -2.49. The Balaban J connectivity index is 1.54. The number of rotatable bonds is 3. The predicted molar refractivity (Wildman–Crippen MR) is 86.6 cm³/mol. The molecule has 2 aromatic rings. The SMILES string of the molecule is O[C@@]1(Cn2ccc(-c3cnccn3)n2)CCCN2CCCC[C@@H]21. The molecule has 6 heteroatoms. The quantitative estimate of drug-likeness (QED) is 0.934. The highest BCUT2D eigenvalue weighted by Gasteiger charge is 2.44. The van der Waals surface area contributed by atoms with Gasteiger partial charge in [0.1, 0.15) is 11.4 Å². The van der Waals surface area contributed by atoms with Crippen LogP contribution in [0.1, 0.15) is 32.1 Å². The summed E-state index contributed by atoms with van der Waals surface area (Å²) >= 11 is 0. The van der Waals surface area contributed by atoms with Gasteiger partial charge in [-0.2, -0.15) is 5.10 Å². The van der Waals surface area contributed by atoms with Crippen molar-refractivity contribution in [3.8, 4) is 11.4 Å². The minimum Gasteiger partial charge on any atom is -0.386 e. The zero-order chi connectivity index (χ0) is 15.7. The Morgan fingerprint density at radius 1 is 1.17 bits per heavy atom. The maximum Gasteiger partial charge on any atom is 0.112 e. The van der Waals surface area contributed by atoms with Crippen molar-refractivity contribution < 1.29 is 5.11 Å². The topological polar surface area (TPSA) is 67.1 Å². The molecule has 0 radical (unpaired) electrons. The first-order valence-electron chi connectivity index (χ1n) is 8.51. The molecular formula is C17H23N5O. The van der Waals surface area contributed by atoms with Crippen LogP contribution in [0, 0.1) is 0 Å². The maximum atomic E-state index is 11.3. The first-order valence-corrected chi connectivity index (χ1v) is 8.51. The van der Waals surface area contributed by atoms with Crippen molar-refractivity contribution in [1.82, 2.24) is 24.6 Å². The molecule has 2 fully saturated rings. The molecule has 4 rings (SSSR count). The van der Waals surface area contributed by atoms with Crippen molar-refractivity contribution in [3.05, 3.63) is 30.9 Å². The van der Waals surface area contributed by atoms with E-state index in [4.69, 9.17) is 0 Å². The standard InChI is InChI=1S/C17H23N5O/c23-17(6-3-10-21-9-2-1-4-16(17)21)13-22-11-5-14(20-22)15-12-18-7-8-19-15/h5,7-8,11-12,16,23H,1-4,6,9-10,13H2/t16-,17-/m1/s1. The van der Waals surface area contributed by atoms with Crippen molar-refractivity contribution in [2.75, 3.05) is 13.1 Å². The average Bonchev–Trinajstić information content (AvgIpc) is 3.04. The molecule has 0 amide bonds. The molecule has 2 aliphatic rings. The second-order valence-corrected chi connectivity index (χ2v) is 6.74. The van der Waals surface area contributed by atoms with E-state index in [1.165, 1.54) is 12.8 Å². The van der Waals surface area contributed by atoms with E-state index in [1.54, 1.807) is 18.6 Å². The van der Waals surface area contributed by atoms with Gasteiger partial charge in [0, 0.05) is 24.6 Å². The number of piperidine rings is 2. The molecule has 2 atom stereocenters. The Bertz CT molecular complexity index is 656. The molecule has 0 aliphatic carbocycles. The Morgan fingerprint density at radius 2 is 2.09 bits per heavy atom. The van der Waals surface area contributed by atoms with Gasteiger partial charge in [-0.15, -0.1) is 0 Å². The molecule has 122 valence electrons. The molecular weight excluding hydrogens is 290 g/mol. The van der Waals surface area contributed by atoms with Gasteiger partial charge in [-0.1, -0.05) is 6.42 Å². The summed E-state index contributed by atoms with van der Waals surface area (Å²) in [6, 6.07) is 2.21. The zero-order valence-electron chi connectivity index (χ0n) is 13.3. The summed E-state index contributed by atoms with van der Waals surface area (Å²) < 4.78 is 1.86. The van der Waals surface area contributed by atoms with Crippen LogP contribution in [0.2, 0.25) is 0 Å². The van der Waals surface area contributed by atoms with Crippen molar-refractivity contribution in [2.45, 2.75) is 50.3 Å². The third kappa shape index (κ3) is 2.88. The number of hydrogen-bond donors (Lipinski definition) is 1. The molecule has 2 aromatic heterocycles. The number of aliphatic hydroxyl groups is 1. The van der Waals surface area contributed by atoms with Gasteiger partial charge in [-0.25, -0.2) is 0 Å². The first kappa shape index (κ1) is 14.8. The molecule has 6 nitrogen and oxygen atoms in total. The van der Waals surface area contributed by atoms with Crippen LogP contribution in [-0.2, 0) is 6.54 Å². The minimum atomic E-state index is -0.676. The zero-order valence-corrected chi connectivity index (χ0v) is 13.3. The molecule has 1 N–H and O–H groups in total. The van der Waals surface area contributed by atoms with Crippen molar-refractivity contribution in [3.63, 3.8) is 0 Å². The fourth-order valence-electron chi connectivity index (χ4n) is 4.10. The third-order valence-electron chi connectivity index (χ3n) is 5.19. The summed E-state index contributed by atoms with van der Waals surface area (Å²) in [7, 11) is 0. The lowest BCUT2D eigenvalue weighted by atomic mass is 9.79. The highest BCUT2D eigenvalue weighted by molar-refractivity contribution is 5.51. The van der Waals surface area contributed by atoms with Gasteiger partial charge in [0.2, 0.25) is 0 Å². The van der Waals surface area contributed by atoms with Crippen molar-refractivity contribution in [2.24, 2.45) is 0 Å². The van der Waals surface area contributed by atoms with Gasteiger partial charge >= 0.3 is 0 Å². The molecule has 2 saturated heterocycles. The predicted octanol–water partition coefficient (Wildman–Crippen LogP) is 1.72. The smallest absolute Gasteiger partial charge is 0.112 e. The monoisotopic (exact) mass is 313 g/mol. The number of nitrogens with zero attached hydrogens (tertiary/aromatic N) is 5. The van der Waals surface area contributed by atoms with Gasteiger partial charge in [-0.05, 0) is 44.8 Å². The second kappa shape index (κ2) is 6.02. The Kier molecular flexibility index (Phi) is 3.87. The number of aromatic nitrogens is 4. The van der Waals surface area contributed by atoms with E-state index in [1.807, 2.05) is 16.9 Å². The molecule has 0 saturated carbocycles.